The SMILES string of the molecule is CSC[C@@H](NC(=O)Cc1ccc(-c2ccccc2)cc1)C(=O)N[C@H](CCCN=C(N)N)C(=O)N[C@@H](Cc1ccccc1)C(=O)N[C@@H](Cc1ccccc1)C(=O)NCCc1ccccc1. The Kier molecular flexibility index (Phi) is 19.4. The van der Waals surface area contributed by atoms with E-state index >= 15 is 0 Å². The Hall–Kier alpha value is -6.93. The van der Waals surface area contributed by atoms with Crippen molar-refractivity contribution in [3.8, 4) is 11.1 Å². The van der Waals surface area contributed by atoms with E-state index in [0.29, 0.717) is 19.4 Å². The third kappa shape index (κ3) is 16.4. The van der Waals surface area contributed by atoms with Gasteiger partial charge in [-0.15, -0.1) is 0 Å². The Balaban J connectivity index is 1.31. The Bertz CT molecular complexity index is 2260. The van der Waals surface area contributed by atoms with Crippen molar-refractivity contribution >= 4 is 47.3 Å². The van der Waals surface area contributed by atoms with Crippen molar-refractivity contribution in [3.05, 3.63) is 168 Å². The molecule has 0 aromatic heterocycles. The first-order chi connectivity index (χ1) is 31.1. The van der Waals surface area contributed by atoms with Gasteiger partial charge in [-0.25, -0.2) is 0 Å². The quantitative estimate of drug-likeness (QED) is 0.0272. The molecule has 5 amide bonds. The first-order valence-electron chi connectivity index (χ1n) is 21.4. The van der Waals surface area contributed by atoms with Crippen LogP contribution in [0.1, 0.15) is 35.1 Å². The second kappa shape index (κ2) is 25.9. The van der Waals surface area contributed by atoms with Crippen LogP contribution in [-0.2, 0) is 49.7 Å². The summed E-state index contributed by atoms with van der Waals surface area (Å²) in [5, 5.41) is 14.5. The monoisotopic (exact) mass is 882 g/mol. The van der Waals surface area contributed by atoms with Crippen LogP contribution in [-0.4, -0.2) is 84.8 Å². The van der Waals surface area contributed by atoms with Gasteiger partial charge in [0.2, 0.25) is 29.5 Å². The van der Waals surface area contributed by atoms with Gasteiger partial charge in [0.05, 0.1) is 6.42 Å². The van der Waals surface area contributed by atoms with E-state index in [9.17, 15) is 24.0 Å². The molecule has 4 atom stereocenters. The van der Waals surface area contributed by atoms with Crippen LogP contribution >= 0.6 is 11.8 Å². The zero-order chi connectivity index (χ0) is 45.5. The van der Waals surface area contributed by atoms with Crippen molar-refractivity contribution in [2.45, 2.75) is 62.7 Å². The molecule has 0 aliphatic heterocycles. The molecule has 0 spiro atoms. The summed E-state index contributed by atoms with van der Waals surface area (Å²) in [7, 11) is 0. The van der Waals surface area contributed by atoms with Gasteiger partial charge in [0.25, 0.3) is 0 Å². The van der Waals surface area contributed by atoms with Crippen LogP contribution in [0.25, 0.3) is 11.1 Å². The molecule has 0 saturated carbocycles. The minimum Gasteiger partial charge on any atom is -0.370 e. The van der Waals surface area contributed by atoms with Gasteiger partial charge in [-0.3, -0.25) is 29.0 Å². The molecule has 14 heteroatoms. The molecule has 13 nitrogen and oxygen atoms in total. The van der Waals surface area contributed by atoms with Crippen molar-refractivity contribution in [2.24, 2.45) is 16.5 Å². The number of nitrogens with two attached hydrogens (primary N) is 2. The van der Waals surface area contributed by atoms with Gasteiger partial charge < -0.3 is 38.1 Å². The summed E-state index contributed by atoms with van der Waals surface area (Å²) < 4.78 is 0. The smallest absolute Gasteiger partial charge is 0.244 e. The molecular weight excluding hydrogens is 825 g/mol. The van der Waals surface area contributed by atoms with Crippen LogP contribution in [0.15, 0.2) is 151 Å². The highest BCUT2D eigenvalue weighted by Crippen LogP contribution is 2.19. The van der Waals surface area contributed by atoms with Crippen molar-refractivity contribution in [1.29, 1.82) is 0 Å². The number of benzene rings is 5. The van der Waals surface area contributed by atoms with E-state index < -0.39 is 41.9 Å². The molecule has 0 aliphatic rings. The fourth-order valence-corrected chi connectivity index (χ4v) is 7.60. The molecule has 0 saturated heterocycles. The van der Waals surface area contributed by atoms with E-state index in [-0.39, 0.29) is 55.8 Å². The van der Waals surface area contributed by atoms with E-state index in [1.54, 1.807) is 0 Å². The average Bonchev–Trinajstić information content (AvgIpc) is 3.30. The average molecular weight is 883 g/mol. The number of hydrogen-bond acceptors (Lipinski definition) is 7. The Labute approximate surface area is 379 Å². The number of hydrogen-bond donors (Lipinski definition) is 7. The van der Waals surface area contributed by atoms with Crippen LogP contribution in [0.4, 0.5) is 0 Å². The maximum atomic E-state index is 14.3. The Morgan fingerprint density at radius 1 is 0.531 bits per heavy atom. The lowest BCUT2D eigenvalue weighted by Crippen LogP contribution is -2.59. The summed E-state index contributed by atoms with van der Waals surface area (Å²) in [4.78, 5) is 73.7. The number of guanidine groups is 1. The lowest BCUT2D eigenvalue weighted by atomic mass is 10.0. The Morgan fingerprint density at radius 2 is 1.00 bits per heavy atom. The molecule has 0 heterocycles. The normalized spacial score (nSPS) is 12.6. The Morgan fingerprint density at radius 3 is 1.55 bits per heavy atom. The highest BCUT2D eigenvalue weighted by molar-refractivity contribution is 7.98. The molecule has 0 radical (unpaired) electrons. The van der Waals surface area contributed by atoms with Crippen molar-refractivity contribution in [1.82, 2.24) is 26.6 Å². The van der Waals surface area contributed by atoms with Crippen LogP contribution in [0, 0.1) is 0 Å². The number of carbonyl (C=O) groups excluding carboxylic acids is 5. The molecule has 0 bridgehead atoms. The molecule has 0 aliphatic carbocycles. The minimum atomic E-state index is -1.14. The molecule has 5 rings (SSSR count). The largest absolute Gasteiger partial charge is 0.370 e. The topological polar surface area (TPSA) is 210 Å². The van der Waals surface area contributed by atoms with Gasteiger partial charge in [0.15, 0.2) is 5.96 Å². The van der Waals surface area contributed by atoms with Gasteiger partial charge in [0, 0.05) is 31.7 Å². The summed E-state index contributed by atoms with van der Waals surface area (Å²) >= 11 is 1.37. The molecular formula is C50H58N8O5S. The summed E-state index contributed by atoms with van der Waals surface area (Å²) in [6.07, 6.45) is 3.19. The van der Waals surface area contributed by atoms with Gasteiger partial charge in [-0.05, 0) is 58.9 Å². The van der Waals surface area contributed by atoms with E-state index in [4.69, 9.17) is 11.5 Å². The lowest BCUT2D eigenvalue weighted by molar-refractivity contribution is -0.134. The minimum absolute atomic E-state index is 0.0439. The number of aliphatic imine (C=N–C) groups is 1. The number of nitrogens with one attached hydrogen (secondary N) is 5. The number of carbonyl (C=O) groups is 5. The van der Waals surface area contributed by atoms with E-state index in [1.807, 2.05) is 152 Å². The third-order valence-electron chi connectivity index (χ3n) is 10.4. The molecule has 5 aromatic rings. The molecule has 0 unspecified atom stereocenters. The fraction of sp³-hybridized carbons (Fsp3) is 0.280. The summed E-state index contributed by atoms with van der Waals surface area (Å²) in [5.41, 5.74) is 16.6. The number of amides is 5. The molecule has 64 heavy (non-hydrogen) atoms. The lowest BCUT2D eigenvalue weighted by Gasteiger charge is -2.27. The van der Waals surface area contributed by atoms with Gasteiger partial charge in [0.1, 0.15) is 24.2 Å². The standard InChI is InChI=1S/C50H58N8O5S/c1-64-34-44(55-45(59)33-38-24-26-40(27-25-38)39-21-12-5-13-22-39)49(63)56-41(23-14-29-54-50(51)52)47(61)58-43(32-37-19-10-4-11-20-37)48(62)57-42(31-36-17-8-3-9-18-36)46(60)53-30-28-35-15-6-2-7-16-35/h2-13,15-22,24-27,41-44H,14,23,28-34H2,1H3,(H,53,60)(H,55,59)(H,56,63)(H,57,62)(H,58,61)(H4,51,52,54)/t41-,42+,43+,44-/m1/s1. The first-order valence-corrected chi connectivity index (χ1v) is 22.8. The zero-order valence-corrected chi connectivity index (χ0v) is 36.9. The predicted molar refractivity (Wildman–Crippen MR) is 255 cm³/mol. The highest BCUT2D eigenvalue weighted by atomic mass is 32.2. The second-order valence-corrected chi connectivity index (χ2v) is 16.3. The van der Waals surface area contributed by atoms with Gasteiger partial charge in [-0.2, -0.15) is 11.8 Å². The predicted octanol–water partition coefficient (Wildman–Crippen LogP) is 4.10. The van der Waals surface area contributed by atoms with Crippen LogP contribution in [0.2, 0.25) is 0 Å². The highest BCUT2D eigenvalue weighted by Gasteiger charge is 2.31. The molecule has 5 aromatic carbocycles. The molecule has 9 N–H and O–H groups in total. The van der Waals surface area contributed by atoms with Gasteiger partial charge in [-0.1, -0.05) is 146 Å². The van der Waals surface area contributed by atoms with Gasteiger partial charge >= 0.3 is 0 Å². The number of rotatable bonds is 24. The summed E-state index contributed by atoms with van der Waals surface area (Å²) in [5.74, 6) is -2.38. The molecule has 334 valence electrons. The first kappa shape index (κ1) is 48.1. The maximum Gasteiger partial charge on any atom is 0.244 e. The number of nitrogens with zero attached hydrogens (tertiary/aromatic N) is 1. The van der Waals surface area contributed by atoms with Crippen molar-refractivity contribution in [3.63, 3.8) is 0 Å². The van der Waals surface area contributed by atoms with E-state index in [0.717, 1.165) is 33.4 Å². The summed E-state index contributed by atoms with van der Waals surface area (Å²) in [6, 6.07) is 41.7. The van der Waals surface area contributed by atoms with E-state index in [1.165, 1.54) is 11.8 Å². The van der Waals surface area contributed by atoms with E-state index in [2.05, 4.69) is 31.6 Å². The van der Waals surface area contributed by atoms with Crippen LogP contribution in [0.5, 0.6) is 0 Å². The van der Waals surface area contributed by atoms with Crippen molar-refractivity contribution < 1.29 is 24.0 Å². The maximum absolute atomic E-state index is 14.3. The second-order valence-electron chi connectivity index (χ2n) is 15.4. The fourth-order valence-electron chi connectivity index (χ4n) is 7.03. The van der Waals surface area contributed by atoms with Crippen LogP contribution in [0.3, 0.4) is 0 Å². The van der Waals surface area contributed by atoms with Crippen LogP contribution < -0.4 is 38.1 Å². The number of thioether (sulfide) groups is 1. The summed E-state index contributed by atoms with van der Waals surface area (Å²) in [6.45, 7) is 0.541. The molecule has 0 fully saturated rings. The third-order valence-corrected chi connectivity index (χ3v) is 11.0. The van der Waals surface area contributed by atoms with Crippen molar-refractivity contribution in [2.75, 3.05) is 25.1 Å². The zero-order valence-electron chi connectivity index (χ0n) is 36.1.